The Morgan fingerprint density at radius 1 is 1.13 bits per heavy atom. The molecule has 0 saturated heterocycles. The van der Waals surface area contributed by atoms with Crippen LogP contribution < -0.4 is 0 Å². The van der Waals surface area contributed by atoms with Gasteiger partial charge in [0.15, 0.2) is 0 Å². The van der Waals surface area contributed by atoms with Crippen molar-refractivity contribution in [2.75, 3.05) is 0 Å². The number of aromatic hydroxyl groups is 2. The van der Waals surface area contributed by atoms with Gasteiger partial charge >= 0.3 is 0 Å². The number of allylic oxidation sites excluding steroid dienone is 2. The quantitative estimate of drug-likeness (QED) is 0.504. The summed E-state index contributed by atoms with van der Waals surface area (Å²) in [5.41, 5.74) is 3.12. The Morgan fingerprint density at radius 2 is 1.78 bits per heavy atom. The molecule has 0 unspecified atom stereocenters. The third kappa shape index (κ3) is 4.31. The standard InChI is InChI=1S/C21H32O2/c1-5-6-7-8-16-12-19(22)21(20(23)13-16)18-11-15(4)9-10-17(18)14(2)3/h11-14,17-18,22-23H,5-10H2,1-4H3/t17-,18+/m0/s1. The van der Waals surface area contributed by atoms with Gasteiger partial charge in [-0.15, -0.1) is 0 Å². The predicted molar refractivity (Wildman–Crippen MR) is 97.1 cm³/mol. The van der Waals surface area contributed by atoms with Gasteiger partial charge in [0.25, 0.3) is 0 Å². The first-order valence-corrected chi connectivity index (χ1v) is 9.16. The lowest BCUT2D eigenvalue weighted by molar-refractivity contribution is 0.304. The molecule has 0 bridgehead atoms. The molecule has 2 heteroatoms. The molecular weight excluding hydrogens is 284 g/mol. The molecule has 1 aliphatic carbocycles. The van der Waals surface area contributed by atoms with Crippen molar-refractivity contribution in [3.8, 4) is 11.5 Å². The summed E-state index contributed by atoms with van der Waals surface area (Å²) >= 11 is 0. The summed E-state index contributed by atoms with van der Waals surface area (Å²) in [7, 11) is 0. The molecule has 1 aromatic carbocycles. The molecule has 0 fully saturated rings. The molecule has 0 aliphatic heterocycles. The van der Waals surface area contributed by atoms with Crippen LogP contribution in [0.3, 0.4) is 0 Å². The zero-order valence-corrected chi connectivity index (χ0v) is 15.1. The SMILES string of the molecule is CCCCCc1cc(O)c([C@@H]2C=C(C)CC[C@H]2C(C)C)c(O)c1. The molecule has 0 saturated carbocycles. The van der Waals surface area contributed by atoms with Crippen molar-refractivity contribution in [3.63, 3.8) is 0 Å². The lowest BCUT2D eigenvalue weighted by Gasteiger charge is -2.33. The lowest BCUT2D eigenvalue weighted by Crippen LogP contribution is -2.21. The molecule has 2 atom stereocenters. The molecule has 128 valence electrons. The van der Waals surface area contributed by atoms with Gasteiger partial charge in [0, 0.05) is 11.5 Å². The molecule has 0 heterocycles. The Labute approximate surface area is 141 Å². The molecule has 2 nitrogen and oxygen atoms in total. The molecule has 23 heavy (non-hydrogen) atoms. The maximum absolute atomic E-state index is 10.6. The van der Waals surface area contributed by atoms with Gasteiger partial charge in [-0.25, -0.2) is 0 Å². The van der Waals surface area contributed by atoms with Gasteiger partial charge in [0.1, 0.15) is 11.5 Å². The summed E-state index contributed by atoms with van der Waals surface area (Å²) in [6, 6.07) is 3.72. The number of unbranched alkanes of at least 4 members (excludes halogenated alkanes) is 2. The first-order chi connectivity index (χ1) is 10.9. The van der Waals surface area contributed by atoms with E-state index in [4.69, 9.17) is 0 Å². The number of rotatable bonds is 6. The molecule has 2 N–H and O–H groups in total. The van der Waals surface area contributed by atoms with Gasteiger partial charge < -0.3 is 10.2 Å². The first-order valence-electron chi connectivity index (χ1n) is 9.16. The summed E-state index contributed by atoms with van der Waals surface area (Å²) in [5, 5.41) is 21.2. The van der Waals surface area contributed by atoms with E-state index in [0.29, 0.717) is 11.8 Å². The fraction of sp³-hybridized carbons (Fsp3) is 0.619. The Kier molecular flexibility index (Phi) is 6.15. The minimum absolute atomic E-state index is 0.119. The minimum Gasteiger partial charge on any atom is -0.507 e. The fourth-order valence-electron chi connectivity index (χ4n) is 3.88. The maximum atomic E-state index is 10.6. The first kappa shape index (κ1) is 17.9. The van der Waals surface area contributed by atoms with E-state index in [-0.39, 0.29) is 17.4 Å². The smallest absolute Gasteiger partial charge is 0.123 e. The Bertz CT molecular complexity index is 534. The van der Waals surface area contributed by atoms with E-state index in [0.717, 1.165) is 36.8 Å². The summed E-state index contributed by atoms with van der Waals surface area (Å²) in [6.45, 7) is 8.80. The monoisotopic (exact) mass is 316 g/mol. The third-order valence-corrected chi connectivity index (χ3v) is 5.25. The van der Waals surface area contributed by atoms with Crippen LogP contribution in [0.25, 0.3) is 0 Å². The number of phenolic OH excluding ortho intramolecular Hbond substituents is 2. The van der Waals surface area contributed by atoms with Crippen LogP contribution in [-0.2, 0) is 6.42 Å². The highest BCUT2D eigenvalue weighted by Crippen LogP contribution is 2.46. The molecule has 0 amide bonds. The number of benzene rings is 1. The Morgan fingerprint density at radius 3 is 2.35 bits per heavy atom. The van der Waals surface area contributed by atoms with Crippen LogP contribution in [0.4, 0.5) is 0 Å². The van der Waals surface area contributed by atoms with Crippen LogP contribution in [0.2, 0.25) is 0 Å². The highest BCUT2D eigenvalue weighted by atomic mass is 16.3. The minimum atomic E-state index is 0.119. The Hall–Kier alpha value is -1.44. The Balaban J connectivity index is 2.32. The number of phenols is 2. The molecular formula is C21H32O2. The second-order valence-corrected chi connectivity index (χ2v) is 7.49. The average molecular weight is 316 g/mol. The highest BCUT2D eigenvalue weighted by Gasteiger charge is 2.31. The lowest BCUT2D eigenvalue weighted by atomic mass is 9.71. The van der Waals surface area contributed by atoms with E-state index in [9.17, 15) is 10.2 Å². The van der Waals surface area contributed by atoms with E-state index in [1.165, 1.54) is 18.4 Å². The highest BCUT2D eigenvalue weighted by molar-refractivity contribution is 5.51. The van der Waals surface area contributed by atoms with E-state index in [1.807, 2.05) is 12.1 Å². The zero-order valence-electron chi connectivity index (χ0n) is 15.1. The van der Waals surface area contributed by atoms with Crippen LogP contribution in [0.1, 0.15) is 76.8 Å². The van der Waals surface area contributed by atoms with Crippen molar-refractivity contribution in [1.29, 1.82) is 0 Å². The summed E-state index contributed by atoms with van der Waals surface area (Å²) in [4.78, 5) is 0. The van der Waals surface area contributed by atoms with Gasteiger partial charge in [-0.3, -0.25) is 0 Å². The second-order valence-electron chi connectivity index (χ2n) is 7.49. The maximum Gasteiger partial charge on any atom is 0.123 e. The van der Waals surface area contributed by atoms with E-state index >= 15 is 0 Å². The van der Waals surface area contributed by atoms with Crippen LogP contribution in [0.5, 0.6) is 11.5 Å². The van der Waals surface area contributed by atoms with Crippen LogP contribution in [0, 0.1) is 11.8 Å². The van der Waals surface area contributed by atoms with Crippen molar-refractivity contribution >= 4 is 0 Å². The van der Waals surface area contributed by atoms with Crippen molar-refractivity contribution in [3.05, 3.63) is 34.9 Å². The van der Waals surface area contributed by atoms with Crippen molar-refractivity contribution in [2.24, 2.45) is 11.8 Å². The van der Waals surface area contributed by atoms with E-state index in [1.54, 1.807) is 0 Å². The van der Waals surface area contributed by atoms with Crippen LogP contribution >= 0.6 is 0 Å². The fourth-order valence-corrected chi connectivity index (χ4v) is 3.88. The number of aryl methyl sites for hydroxylation is 1. The summed E-state index contributed by atoms with van der Waals surface area (Å²) in [5.74, 6) is 1.65. The van der Waals surface area contributed by atoms with Crippen LogP contribution in [-0.4, -0.2) is 10.2 Å². The van der Waals surface area contributed by atoms with Crippen molar-refractivity contribution < 1.29 is 10.2 Å². The summed E-state index contributed by atoms with van der Waals surface area (Å²) < 4.78 is 0. The van der Waals surface area contributed by atoms with Crippen molar-refractivity contribution in [1.82, 2.24) is 0 Å². The average Bonchev–Trinajstić information content (AvgIpc) is 2.46. The molecule has 0 radical (unpaired) electrons. The third-order valence-electron chi connectivity index (χ3n) is 5.25. The van der Waals surface area contributed by atoms with Gasteiger partial charge in [-0.2, -0.15) is 0 Å². The summed E-state index contributed by atoms with van der Waals surface area (Å²) in [6.07, 6.45) is 8.88. The normalized spacial score (nSPS) is 21.5. The van der Waals surface area contributed by atoms with E-state index in [2.05, 4.69) is 33.8 Å². The number of hydrogen-bond acceptors (Lipinski definition) is 2. The molecule has 0 spiro atoms. The van der Waals surface area contributed by atoms with E-state index < -0.39 is 0 Å². The zero-order chi connectivity index (χ0) is 17.0. The second kappa shape index (κ2) is 7.90. The molecule has 1 aliphatic rings. The topological polar surface area (TPSA) is 40.5 Å². The number of hydrogen-bond donors (Lipinski definition) is 2. The van der Waals surface area contributed by atoms with Crippen LogP contribution in [0.15, 0.2) is 23.8 Å². The van der Waals surface area contributed by atoms with Gasteiger partial charge in [-0.05, 0) is 62.1 Å². The van der Waals surface area contributed by atoms with Gasteiger partial charge in [-0.1, -0.05) is 45.3 Å². The molecule has 0 aromatic heterocycles. The molecule has 1 aromatic rings. The van der Waals surface area contributed by atoms with Crippen molar-refractivity contribution in [2.45, 2.75) is 72.1 Å². The van der Waals surface area contributed by atoms with Gasteiger partial charge in [0.2, 0.25) is 0 Å². The molecule has 2 rings (SSSR count). The predicted octanol–water partition coefficient (Wildman–Crippen LogP) is 5.93. The largest absolute Gasteiger partial charge is 0.507 e. The van der Waals surface area contributed by atoms with Gasteiger partial charge in [0.05, 0.1) is 0 Å².